The molecule has 0 bridgehead atoms. The van der Waals surface area contributed by atoms with Gasteiger partial charge in [0.2, 0.25) is 5.91 Å². The Hall–Kier alpha value is -3.43. The number of carboxylic acids is 1. The summed E-state index contributed by atoms with van der Waals surface area (Å²) in [5, 5.41) is 12.2. The standard InChI is InChI=1S/C26H30N2O7/c1-15(33-2)23(24(29)28-13-16(34-3)12-22(28)25(30)31)27-26(32)35-14-21-19-10-6-4-8-17(19)18-9-5-7-11-20(18)21/h4-11,15-16,21-23H,12-14H2,1-3H3,(H,27,32)(H,30,31). The number of likely N-dealkylation sites (tertiary alicyclic amines) is 1. The Labute approximate surface area is 204 Å². The quantitative estimate of drug-likeness (QED) is 0.594. The highest BCUT2D eigenvalue weighted by molar-refractivity contribution is 5.90. The van der Waals surface area contributed by atoms with Gasteiger partial charge in [-0.3, -0.25) is 4.79 Å². The van der Waals surface area contributed by atoms with Crippen molar-refractivity contribution in [2.45, 2.75) is 43.6 Å². The zero-order valence-electron chi connectivity index (χ0n) is 20.0. The highest BCUT2D eigenvalue weighted by Crippen LogP contribution is 2.44. The van der Waals surface area contributed by atoms with Gasteiger partial charge in [-0.05, 0) is 29.2 Å². The van der Waals surface area contributed by atoms with Crippen LogP contribution >= 0.6 is 0 Å². The number of amides is 2. The number of fused-ring (bicyclic) bond motifs is 3. The number of nitrogens with zero attached hydrogens (tertiary/aromatic N) is 1. The van der Waals surface area contributed by atoms with Crippen LogP contribution in [0.3, 0.4) is 0 Å². The summed E-state index contributed by atoms with van der Waals surface area (Å²) in [6.07, 6.45) is -1.70. The Bertz CT molecular complexity index is 1060. The average Bonchev–Trinajstić information content (AvgIpc) is 3.45. The summed E-state index contributed by atoms with van der Waals surface area (Å²) < 4.78 is 16.2. The van der Waals surface area contributed by atoms with E-state index in [1.54, 1.807) is 6.92 Å². The highest BCUT2D eigenvalue weighted by Gasteiger charge is 2.44. The SMILES string of the molecule is COC1CC(C(=O)O)N(C(=O)C(NC(=O)OCC2c3ccccc3-c3ccccc32)C(C)OC)C1. The number of benzene rings is 2. The van der Waals surface area contributed by atoms with E-state index in [0.717, 1.165) is 22.3 Å². The molecule has 186 valence electrons. The fourth-order valence-corrected chi connectivity index (χ4v) is 4.91. The van der Waals surface area contributed by atoms with Crippen molar-refractivity contribution >= 4 is 18.0 Å². The number of carbonyl (C=O) groups is 3. The maximum absolute atomic E-state index is 13.3. The molecule has 35 heavy (non-hydrogen) atoms. The number of ether oxygens (including phenoxy) is 3. The fourth-order valence-electron chi connectivity index (χ4n) is 4.91. The molecule has 1 aliphatic carbocycles. The molecular weight excluding hydrogens is 452 g/mol. The van der Waals surface area contributed by atoms with Gasteiger partial charge in [0.1, 0.15) is 18.7 Å². The van der Waals surface area contributed by atoms with Gasteiger partial charge < -0.3 is 29.5 Å². The van der Waals surface area contributed by atoms with Gasteiger partial charge >= 0.3 is 12.1 Å². The third-order valence-corrected chi connectivity index (χ3v) is 6.89. The Balaban J connectivity index is 1.46. The first-order chi connectivity index (χ1) is 16.8. The van der Waals surface area contributed by atoms with E-state index >= 15 is 0 Å². The van der Waals surface area contributed by atoms with E-state index in [0.29, 0.717) is 0 Å². The van der Waals surface area contributed by atoms with Crippen LogP contribution in [0.4, 0.5) is 4.79 Å². The molecule has 9 nitrogen and oxygen atoms in total. The third kappa shape index (κ3) is 4.87. The molecule has 0 saturated carbocycles. The van der Waals surface area contributed by atoms with Crippen molar-refractivity contribution in [1.29, 1.82) is 0 Å². The van der Waals surface area contributed by atoms with Gasteiger partial charge in [-0.1, -0.05) is 48.5 Å². The topological polar surface area (TPSA) is 114 Å². The Morgan fingerprint density at radius 1 is 1.06 bits per heavy atom. The lowest BCUT2D eigenvalue weighted by molar-refractivity contribution is -0.150. The Morgan fingerprint density at radius 2 is 1.66 bits per heavy atom. The summed E-state index contributed by atoms with van der Waals surface area (Å²) in [4.78, 5) is 39.1. The van der Waals surface area contributed by atoms with E-state index in [2.05, 4.69) is 5.32 Å². The molecular formula is C26H30N2O7. The second-order valence-electron chi connectivity index (χ2n) is 8.83. The van der Waals surface area contributed by atoms with Crippen LogP contribution in [0.2, 0.25) is 0 Å². The number of carbonyl (C=O) groups excluding carboxylic acids is 2. The van der Waals surface area contributed by atoms with E-state index < -0.39 is 42.3 Å². The molecule has 4 rings (SSSR count). The molecule has 0 spiro atoms. The number of nitrogens with one attached hydrogen (secondary N) is 1. The summed E-state index contributed by atoms with van der Waals surface area (Å²) in [5.74, 6) is -1.80. The summed E-state index contributed by atoms with van der Waals surface area (Å²) in [5.41, 5.74) is 4.37. The zero-order valence-corrected chi connectivity index (χ0v) is 20.0. The van der Waals surface area contributed by atoms with E-state index in [1.165, 1.54) is 19.1 Å². The van der Waals surface area contributed by atoms with Crippen molar-refractivity contribution < 1.29 is 33.7 Å². The van der Waals surface area contributed by atoms with Gasteiger partial charge in [0.05, 0.1) is 12.2 Å². The van der Waals surface area contributed by atoms with Crippen molar-refractivity contribution in [3.63, 3.8) is 0 Å². The number of hydrogen-bond acceptors (Lipinski definition) is 6. The van der Waals surface area contributed by atoms with Crippen molar-refractivity contribution in [2.75, 3.05) is 27.4 Å². The van der Waals surface area contributed by atoms with Gasteiger partial charge in [0.15, 0.2) is 0 Å². The molecule has 0 radical (unpaired) electrons. The first-order valence-corrected chi connectivity index (χ1v) is 11.6. The van der Waals surface area contributed by atoms with E-state index in [4.69, 9.17) is 14.2 Å². The van der Waals surface area contributed by atoms with Crippen LogP contribution in [0.1, 0.15) is 30.4 Å². The summed E-state index contributed by atoms with van der Waals surface area (Å²) in [7, 11) is 2.89. The van der Waals surface area contributed by atoms with Crippen LogP contribution in [0.25, 0.3) is 11.1 Å². The first-order valence-electron chi connectivity index (χ1n) is 11.6. The molecule has 1 saturated heterocycles. The van der Waals surface area contributed by atoms with Crippen LogP contribution in [0, 0.1) is 0 Å². The second kappa shape index (κ2) is 10.5. The van der Waals surface area contributed by atoms with E-state index in [9.17, 15) is 19.5 Å². The van der Waals surface area contributed by atoms with Crippen LogP contribution in [0.5, 0.6) is 0 Å². The Kier molecular flexibility index (Phi) is 7.37. The minimum Gasteiger partial charge on any atom is -0.480 e. The van der Waals surface area contributed by atoms with Crippen LogP contribution in [0.15, 0.2) is 48.5 Å². The zero-order chi connectivity index (χ0) is 25.1. The lowest BCUT2D eigenvalue weighted by atomic mass is 9.98. The normalized spacial score (nSPS) is 20.6. The number of rotatable bonds is 8. The van der Waals surface area contributed by atoms with Crippen molar-refractivity contribution in [1.82, 2.24) is 10.2 Å². The molecule has 1 fully saturated rings. The maximum atomic E-state index is 13.3. The highest BCUT2D eigenvalue weighted by atomic mass is 16.5. The van der Waals surface area contributed by atoms with Gasteiger partial charge in [0, 0.05) is 33.1 Å². The minimum atomic E-state index is -1.12. The van der Waals surface area contributed by atoms with Crippen molar-refractivity contribution in [2.24, 2.45) is 0 Å². The van der Waals surface area contributed by atoms with Crippen LogP contribution < -0.4 is 5.32 Å². The van der Waals surface area contributed by atoms with Crippen LogP contribution in [-0.2, 0) is 23.8 Å². The van der Waals surface area contributed by atoms with Crippen molar-refractivity contribution in [3.8, 4) is 11.1 Å². The number of alkyl carbamates (subject to hydrolysis) is 1. The molecule has 1 heterocycles. The van der Waals surface area contributed by atoms with Gasteiger partial charge in [-0.25, -0.2) is 9.59 Å². The molecule has 9 heteroatoms. The Morgan fingerprint density at radius 3 is 2.20 bits per heavy atom. The molecule has 2 amide bonds. The number of carboxylic acid groups (broad SMARTS) is 1. The molecule has 2 N–H and O–H groups in total. The monoisotopic (exact) mass is 482 g/mol. The predicted octanol–water partition coefficient (Wildman–Crippen LogP) is 2.63. The van der Waals surface area contributed by atoms with Crippen molar-refractivity contribution in [3.05, 3.63) is 59.7 Å². The number of aliphatic carboxylic acids is 1. The van der Waals surface area contributed by atoms with Crippen LogP contribution in [-0.4, -0.2) is 79.6 Å². The van der Waals surface area contributed by atoms with Gasteiger partial charge in [0.25, 0.3) is 0 Å². The fraction of sp³-hybridized carbons (Fsp3) is 0.423. The lowest BCUT2D eigenvalue weighted by Crippen LogP contribution is -2.56. The lowest BCUT2D eigenvalue weighted by Gasteiger charge is -2.29. The smallest absolute Gasteiger partial charge is 0.407 e. The molecule has 0 aromatic heterocycles. The van der Waals surface area contributed by atoms with Gasteiger partial charge in [-0.2, -0.15) is 0 Å². The predicted molar refractivity (Wildman–Crippen MR) is 127 cm³/mol. The molecule has 2 aromatic carbocycles. The number of methoxy groups -OCH3 is 2. The summed E-state index contributed by atoms with van der Waals surface area (Å²) >= 11 is 0. The van der Waals surface area contributed by atoms with Gasteiger partial charge in [-0.15, -0.1) is 0 Å². The molecule has 2 aliphatic rings. The second-order valence-corrected chi connectivity index (χ2v) is 8.83. The van der Waals surface area contributed by atoms with E-state index in [1.807, 2.05) is 48.5 Å². The average molecular weight is 483 g/mol. The molecule has 1 aliphatic heterocycles. The largest absolute Gasteiger partial charge is 0.480 e. The minimum absolute atomic E-state index is 0.0926. The maximum Gasteiger partial charge on any atom is 0.407 e. The molecule has 4 unspecified atom stereocenters. The van der Waals surface area contributed by atoms with E-state index in [-0.39, 0.29) is 25.5 Å². The number of hydrogen-bond donors (Lipinski definition) is 2. The summed E-state index contributed by atoms with van der Waals surface area (Å²) in [6, 6.07) is 13.8. The first kappa shape index (κ1) is 24.7. The summed E-state index contributed by atoms with van der Waals surface area (Å²) in [6.45, 7) is 1.84. The molecule has 2 aromatic rings. The third-order valence-electron chi connectivity index (χ3n) is 6.89. The molecule has 4 atom stereocenters.